The summed E-state index contributed by atoms with van der Waals surface area (Å²) in [5.74, 6) is 0.640. The van der Waals surface area contributed by atoms with Gasteiger partial charge in [0.1, 0.15) is 5.69 Å². The van der Waals surface area contributed by atoms with Gasteiger partial charge in [0, 0.05) is 26.8 Å². The third-order valence-electron chi connectivity index (χ3n) is 2.97. The number of halogens is 2. The number of fused-ring (bicyclic) bond motifs is 1. The Labute approximate surface area is 150 Å². The van der Waals surface area contributed by atoms with Gasteiger partial charge in [0.25, 0.3) is 0 Å². The van der Waals surface area contributed by atoms with E-state index in [1.54, 1.807) is 0 Å². The average Bonchev–Trinajstić information content (AvgIpc) is 2.76. The first-order valence-corrected chi connectivity index (χ1v) is 8.56. The molecule has 3 aromatic rings. The highest BCUT2D eigenvalue weighted by Crippen LogP contribution is 2.30. The number of nitrogens with zero attached hydrogens (tertiary/aromatic N) is 3. The zero-order valence-electron chi connectivity index (χ0n) is 11.5. The van der Waals surface area contributed by atoms with Crippen LogP contribution in [0.25, 0.3) is 22.2 Å². The highest BCUT2D eigenvalue weighted by molar-refractivity contribution is 14.1. The summed E-state index contributed by atoms with van der Waals surface area (Å²) in [6.45, 7) is 3.98. The second-order valence-corrected chi connectivity index (χ2v) is 7.08. The third-order valence-corrected chi connectivity index (χ3v) is 4.37. The van der Waals surface area contributed by atoms with E-state index in [9.17, 15) is 0 Å². The van der Waals surface area contributed by atoms with Crippen molar-refractivity contribution in [3.05, 3.63) is 40.1 Å². The molecule has 0 fully saturated rings. The molecule has 1 aromatic carbocycles. The number of pyridine rings is 1. The van der Waals surface area contributed by atoms with Crippen LogP contribution < -0.4 is 4.74 Å². The van der Waals surface area contributed by atoms with Gasteiger partial charge in [-0.1, -0.05) is 0 Å². The van der Waals surface area contributed by atoms with E-state index in [1.807, 2.05) is 35.1 Å². The van der Waals surface area contributed by atoms with Crippen molar-refractivity contribution < 1.29 is 4.74 Å². The van der Waals surface area contributed by atoms with Crippen LogP contribution in [0, 0.1) is 3.57 Å². The van der Waals surface area contributed by atoms with Crippen LogP contribution in [-0.2, 0) is 0 Å². The van der Waals surface area contributed by atoms with Gasteiger partial charge in [0.15, 0.2) is 0 Å². The van der Waals surface area contributed by atoms with Gasteiger partial charge in [-0.2, -0.15) is 5.10 Å². The Hall–Kier alpha value is -0.900. The zero-order chi connectivity index (χ0) is 15.0. The summed E-state index contributed by atoms with van der Waals surface area (Å²) in [6.07, 6.45) is 1.94. The number of benzene rings is 1. The monoisotopic (exact) mass is 505 g/mol. The van der Waals surface area contributed by atoms with Crippen LogP contribution in [0.5, 0.6) is 5.88 Å². The van der Waals surface area contributed by atoms with Gasteiger partial charge in [-0.25, -0.2) is 7.88 Å². The Kier molecular flexibility index (Phi) is 4.34. The van der Waals surface area contributed by atoms with Crippen molar-refractivity contribution in [2.24, 2.45) is 0 Å². The number of hydrogen-bond acceptors (Lipinski definition) is 3. The van der Waals surface area contributed by atoms with Crippen molar-refractivity contribution in [2.75, 3.05) is 0 Å². The summed E-state index contributed by atoms with van der Waals surface area (Å²) in [5.41, 5.74) is 3.04. The molecule has 2 heterocycles. The summed E-state index contributed by atoms with van der Waals surface area (Å²) in [6, 6.07) is 10.2. The van der Waals surface area contributed by atoms with E-state index in [0.717, 1.165) is 22.2 Å². The second kappa shape index (κ2) is 6.07. The molecule has 0 N–H and O–H groups in total. The first kappa shape index (κ1) is 15.0. The van der Waals surface area contributed by atoms with E-state index in [2.05, 4.69) is 73.7 Å². The maximum absolute atomic E-state index is 5.58. The molecule has 0 saturated carbocycles. The standard InChI is InChI=1S/C15H13I2N3O/c1-9(2)21-14-6-3-10(8-18-14)15-12-7-11(16)4-5-13(12)20(17)19-15/h3-9H,1-2H3. The van der Waals surface area contributed by atoms with Crippen molar-refractivity contribution in [3.8, 4) is 17.1 Å². The van der Waals surface area contributed by atoms with Gasteiger partial charge >= 0.3 is 0 Å². The van der Waals surface area contributed by atoms with Gasteiger partial charge in [-0.05, 0) is 60.7 Å². The summed E-state index contributed by atoms with van der Waals surface area (Å²) < 4.78 is 8.64. The largest absolute Gasteiger partial charge is 0.475 e. The highest BCUT2D eigenvalue weighted by atomic mass is 127. The molecule has 0 aliphatic heterocycles. The van der Waals surface area contributed by atoms with Crippen molar-refractivity contribution in [1.29, 1.82) is 0 Å². The first-order valence-electron chi connectivity index (χ1n) is 6.52. The van der Waals surface area contributed by atoms with Gasteiger partial charge in [-0.3, -0.25) is 0 Å². The number of ether oxygens (including phenoxy) is 1. The van der Waals surface area contributed by atoms with Crippen LogP contribution in [0.3, 0.4) is 0 Å². The molecule has 0 atom stereocenters. The van der Waals surface area contributed by atoms with E-state index in [-0.39, 0.29) is 6.10 Å². The van der Waals surface area contributed by atoms with Crippen LogP contribution >= 0.6 is 45.5 Å². The molecule has 108 valence electrons. The van der Waals surface area contributed by atoms with Crippen LogP contribution in [0.2, 0.25) is 0 Å². The third kappa shape index (κ3) is 3.15. The minimum absolute atomic E-state index is 0.124. The lowest BCUT2D eigenvalue weighted by molar-refractivity contribution is 0.232. The first-order chi connectivity index (χ1) is 10.0. The minimum atomic E-state index is 0.124. The number of rotatable bonds is 3. The van der Waals surface area contributed by atoms with E-state index >= 15 is 0 Å². The summed E-state index contributed by atoms with van der Waals surface area (Å²) in [5, 5.41) is 5.75. The molecule has 0 saturated heterocycles. The van der Waals surface area contributed by atoms with Gasteiger partial charge < -0.3 is 4.74 Å². The maximum atomic E-state index is 5.58. The molecule has 2 aromatic heterocycles. The maximum Gasteiger partial charge on any atom is 0.213 e. The van der Waals surface area contributed by atoms with Crippen molar-refractivity contribution >= 4 is 56.4 Å². The Morgan fingerprint density at radius 3 is 2.67 bits per heavy atom. The Morgan fingerprint density at radius 2 is 2.00 bits per heavy atom. The fourth-order valence-electron chi connectivity index (χ4n) is 2.10. The quantitative estimate of drug-likeness (QED) is 0.486. The van der Waals surface area contributed by atoms with Crippen LogP contribution in [0.1, 0.15) is 13.8 Å². The molecule has 21 heavy (non-hydrogen) atoms. The van der Waals surface area contributed by atoms with Gasteiger partial charge in [0.2, 0.25) is 5.88 Å². The van der Waals surface area contributed by atoms with Crippen LogP contribution in [-0.4, -0.2) is 19.1 Å². The molecule has 0 bridgehead atoms. The Morgan fingerprint density at radius 1 is 1.19 bits per heavy atom. The lowest BCUT2D eigenvalue weighted by Gasteiger charge is -2.08. The summed E-state index contributed by atoms with van der Waals surface area (Å²) in [4.78, 5) is 4.36. The summed E-state index contributed by atoms with van der Waals surface area (Å²) in [7, 11) is 0. The fourth-order valence-corrected chi connectivity index (χ4v) is 3.23. The molecule has 4 nitrogen and oxygen atoms in total. The van der Waals surface area contributed by atoms with Gasteiger partial charge in [0.05, 0.1) is 34.5 Å². The van der Waals surface area contributed by atoms with E-state index in [4.69, 9.17) is 4.74 Å². The zero-order valence-corrected chi connectivity index (χ0v) is 15.9. The molecule has 0 aliphatic carbocycles. The molecular formula is C15H13I2N3O. The molecule has 0 radical (unpaired) electrons. The predicted octanol–water partition coefficient (Wildman–Crippen LogP) is 4.69. The normalized spacial score (nSPS) is 11.3. The number of hydrogen-bond donors (Lipinski definition) is 0. The smallest absolute Gasteiger partial charge is 0.213 e. The second-order valence-electron chi connectivity index (χ2n) is 4.92. The Bertz CT molecular complexity index is 781. The molecule has 0 spiro atoms. The average molecular weight is 505 g/mol. The van der Waals surface area contributed by atoms with Crippen molar-refractivity contribution in [2.45, 2.75) is 20.0 Å². The molecule has 0 aliphatic rings. The summed E-state index contributed by atoms with van der Waals surface area (Å²) >= 11 is 4.51. The van der Waals surface area contributed by atoms with Crippen LogP contribution in [0.4, 0.5) is 0 Å². The fraction of sp³-hybridized carbons (Fsp3) is 0.200. The lowest BCUT2D eigenvalue weighted by atomic mass is 10.1. The van der Waals surface area contributed by atoms with E-state index in [0.29, 0.717) is 5.88 Å². The molecule has 3 rings (SSSR count). The Balaban J connectivity index is 2.06. The van der Waals surface area contributed by atoms with Crippen molar-refractivity contribution in [3.63, 3.8) is 0 Å². The molecule has 0 amide bonds. The topological polar surface area (TPSA) is 39.9 Å². The highest BCUT2D eigenvalue weighted by Gasteiger charge is 2.12. The number of aromatic nitrogens is 3. The predicted molar refractivity (Wildman–Crippen MR) is 101 cm³/mol. The SMILES string of the molecule is CC(C)Oc1ccc(-c2nn(I)c3ccc(I)cc23)cn1. The van der Waals surface area contributed by atoms with Crippen molar-refractivity contribution in [1.82, 2.24) is 13.0 Å². The molecule has 6 heteroatoms. The molecule has 0 unspecified atom stereocenters. The van der Waals surface area contributed by atoms with Crippen LogP contribution in [0.15, 0.2) is 36.5 Å². The lowest BCUT2D eigenvalue weighted by Crippen LogP contribution is -2.06. The van der Waals surface area contributed by atoms with E-state index < -0.39 is 0 Å². The minimum Gasteiger partial charge on any atom is -0.475 e. The van der Waals surface area contributed by atoms with Gasteiger partial charge in [-0.15, -0.1) is 0 Å². The van der Waals surface area contributed by atoms with E-state index in [1.165, 1.54) is 3.57 Å². The molecular weight excluding hydrogens is 492 g/mol.